The van der Waals surface area contributed by atoms with E-state index in [0.717, 1.165) is 55.8 Å². The molecule has 2 aromatic carbocycles. The van der Waals surface area contributed by atoms with Crippen molar-refractivity contribution in [3.63, 3.8) is 0 Å². The van der Waals surface area contributed by atoms with E-state index in [0.29, 0.717) is 24.6 Å². The highest BCUT2D eigenvalue weighted by molar-refractivity contribution is 5.78. The maximum Gasteiger partial charge on any atom is 0.328 e. The van der Waals surface area contributed by atoms with Crippen LogP contribution in [-0.2, 0) is 24.3 Å². The quantitative estimate of drug-likeness (QED) is 0.255. The summed E-state index contributed by atoms with van der Waals surface area (Å²) in [5.41, 5.74) is 10.4. The molecule has 5 rings (SSSR count). The van der Waals surface area contributed by atoms with Crippen LogP contribution in [0.1, 0.15) is 47.7 Å². The lowest BCUT2D eigenvalue weighted by Crippen LogP contribution is -2.34. The summed E-state index contributed by atoms with van der Waals surface area (Å²) in [7, 11) is 0. The number of carbonyl (C=O) groups excluding carboxylic acids is 1. The Labute approximate surface area is 223 Å². The first-order chi connectivity index (χ1) is 18.6. The van der Waals surface area contributed by atoms with Crippen molar-refractivity contribution in [2.45, 2.75) is 50.7 Å². The zero-order chi connectivity index (χ0) is 26.2. The summed E-state index contributed by atoms with van der Waals surface area (Å²) in [4.78, 5) is 19.3. The SMILES string of the molecule is N[C@@H](CCc1ccccc1)C(=O)Oc1cccc(C2CCN(Cc3cn(Cc4ccccn4)nn3)CC2)c1. The molecule has 0 spiro atoms. The van der Waals surface area contributed by atoms with Crippen LogP contribution in [0.3, 0.4) is 0 Å². The summed E-state index contributed by atoms with van der Waals surface area (Å²) in [6.45, 7) is 3.36. The van der Waals surface area contributed by atoms with Crippen LogP contribution in [0.25, 0.3) is 0 Å². The van der Waals surface area contributed by atoms with Crippen molar-refractivity contribution in [2.24, 2.45) is 5.73 Å². The Morgan fingerprint density at radius 2 is 1.79 bits per heavy atom. The van der Waals surface area contributed by atoms with Gasteiger partial charge >= 0.3 is 5.97 Å². The normalized spacial score (nSPS) is 15.3. The van der Waals surface area contributed by atoms with Gasteiger partial charge in [0.05, 0.1) is 24.1 Å². The Morgan fingerprint density at radius 1 is 0.974 bits per heavy atom. The number of nitrogens with two attached hydrogens (primary N) is 1. The van der Waals surface area contributed by atoms with E-state index in [1.165, 1.54) is 5.56 Å². The van der Waals surface area contributed by atoms with Crippen molar-refractivity contribution in [1.82, 2.24) is 24.9 Å². The van der Waals surface area contributed by atoms with Crippen LogP contribution in [-0.4, -0.2) is 50.0 Å². The molecule has 8 heteroatoms. The highest BCUT2D eigenvalue weighted by Gasteiger charge is 2.22. The lowest BCUT2D eigenvalue weighted by atomic mass is 9.89. The maximum absolute atomic E-state index is 12.6. The first-order valence-electron chi connectivity index (χ1n) is 13.2. The fraction of sp³-hybridized carbons (Fsp3) is 0.333. The number of ether oxygens (including phenoxy) is 1. The Balaban J connectivity index is 1.09. The average molecular weight is 511 g/mol. The van der Waals surface area contributed by atoms with Gasteiger partial charge in [-0.1, -0.05) is 53.7 Å². The number of piperidine rings is 1. The molecule has 3 heterocycles. The van der Waals surface area contributed by atoms with E-state index >= 15 is 0 Å². The summed E-state index contributed by atoms with van der Waals surface area (Å²) in [5.74, 6) is 0.607. The van der Waals surface area contributed by atoms with Crippen LogP contribution in [0.5, 0.6) is 5.75 Å². The standard InChI is InChI=1S/C30H34N6O2/c31-29(13-12-23-7-2-1-3-8-23)30(37)38-28-11-6-9-25(19-28)24-14-17-35(18-15-24)20-27-22-36(34-33-27)21-26-10-4-5-16-32-26/h1-11,16,19,22,24,29H,12-15,17-18,20-21,31H2/t29-/m0/s1. The number of aromatic nitrogens is 4. The molecular weight excluding hydrogens is 476 g/mol. The van der Waals surface area contributed by atoms with Crippen LogP contribution in [0.4, 0.5) is 0 Å². The third-order valence-corrected chi connectivity index (χ3v) is 7.05. The van der Waals surface area contributed by atoms with Gasteiger partial charge in [-0.05, 0) is 80.1 Å². The minimum atomic E-state index is -0.649. The molecule has 0 aliphatic carbocycles. The zero-order valence-corrected chi connectivity index (χ0v) is 21.5. The molecule has 1 atom stereocenters. The number of likely N-dealkylation sites (tertiary alicyclic amines) is 1. The van der Waals surface area contributed by atoms with E-state index in [-0.39, 0.29) is 5.97 Å². The lowest BCUT2D eigenvalue weighted by molar-refractivity contribution is -0.136. The number of rotatable bonds is 10. The van der Waals surface area contributed by atoms with Crippen molar-refractivity contribution >= 4 is 5.97 Å². The van der Waals surface area contributed by atoms with E-state index in [9.17, 15) is 4.79 Å². The number of esters is 1. The van der Waals surface area contributed by atoms with Gasteiger partial charge in [0.15, 0.2) is 0 Å². The number of hydrogen-bond acceptors (Lipinski definition) is 7. The second kappa shape index (κ2) is 12.6. The van der Waals surface area contributed by atoms with Gasteiger partial charge in [-0.15, -0.1) is 5.10 Å². The predicted octanol–water partition coefficient (Wildman–Crippen LogP) is 3.97. The molecule has 196 valence electrons. The minimum absolute atomic E-state index is 0.385. The fourth-order valence-electron chi connectivity index (χ4n) is 4.91. The molecular formula is C30H34N6O2. The first kappa shape index (κ1) is 25.8. The summed E-state index contributed by atoms with van der Waals surface area (Å²) < 4.78 is 7.48. The largest absolute Gasteiger partial charge is 0.425 e. The minimum Gasteiger partial charge on any atom is -0.425 e. The number of hydrogen-bond donors (Lipinski definition) is 1. The summed E-state index contributed by atoms with van der Waals surface area (Å²) in [6, 6.07) is 23.2. The Morgan fingerprint density at radius 3 is 2.58 bits per heavy atom. The van der Waals surface area contributed by atoms with E-state index in [4.69, 9.17) is 10.5 Å². The highest BCUT2D eigenvalue weighted by Crippen LogP contribution is 2.30. The molecule has 38 heavy (non-hydrogen) atoms. The van der Waals surface area contributed by atoms with Crippen molar-refractivity contribution in [3.8, 4) is 5.75 Å². The van der Waals surface area contributed by atoms with E-state index < -0.39 is 6.04 Å². The van der Waals surface area contributed by atoms with Gasteiger partial charge in [0.1, 0.15) is 11.8 Å². The zero-order valence-electron chi connectivity index (χ0n) is 21.5. The molecule has 1 saturated heterocycles. The molecule has 8 nitrogen and oxygen atoms in total. The number of benzene rings is 2. The maximum atomic E-state index is 12.6. The van der Waals surface area contributed by atoms with E-state index in [2.05, 4.69) is 26.3 Å². The molecule has 0 saturated carbocycles. The van der Waals surface area contributed by atoms with Crippen LogP contribution >= 0.6 is 0 Å². The van der Waals surface area contributed by atoms with Crippen molar-refractivity contribution in [2.75, 3.05) is 13.1 Å². The van der Waals surface area contributed by atoms with Gasteiger partial charge in [0.25, 0.3) is 0 Å². The second-order valence-electron chi connectivity index (χ2n) is 9.90. The second-order valence-corrected chi connectivity index (χ2v) is 9.90. The van der Waals surface area contributed by atoms with Gasteiger partial charge < -0.3 is 10.5 Å². The molecule has 0 radical (unpaired) electrons. The van der Waals surface area contributed by atoms with Crippen LogP contribution in [0.15, 0.2) is 85.2 Å². The smallest absolute Gasteiger partial charge is 0.328 e. The molecule has 0 bridgehead atoms. The molecule has 1 aliphatic heterocycles. The Kier molecular flexibility index (Phi) is 8.53. The third kappa shape index (κ3) is 7.12. The highest BCUT2D eigenvalue weighted by atomic mass is 16.5. The van der Waals surface area contributed by atoms with Gasteiger partial charge in [-0.25, -0.2) is 9.48 Å². The van der Waals surface area contributed by atoms with Crippen molar-refractivity contribution in [1.29, 1.82) is 0 Å². The van der Waals surface area contributed by atoms with Gasteiger partial charge in [0.2, 0.25) is 0 Å². The van der Waals surface area contributed by atoms with Crippen LogP contribution in [0, 0.1) is 0 Å². The Hall–Kier alpha value is -3.88. The van der Waals surface area contributed by atoms with E-state index in [1.54, 1.807) is 6.20 Å². The van der Waals surface area contributed by atoms with Crippen LogP contribution < -0.4 is 10.5 Å². The number of nitrogens with zero attached hydrogens (tertiary/aromatic N) is 5. The first-order valence-corrected chi connectivity index (χ1v) is 13.2. The Bertz CT molecular complexity index is 1300. The summed E-state index contributed by atoms with van der Waals surface area (Å²) in [6.07, 6.45) is 7.17. The molecule has 2 N–H and O–H groups in total. The van der Waals surface area contributed by atoms with Gasteiger partial charge in [0, 0.05) is 12.7 Å². The molecule has 1 aliphatic rings. The number of pyridine rings is 1. The molecule has 0 amide bonds. The number of carbonyl (C=O) groups is 1. The van der Waals surface area contributed by atoms with Crippen molar-refractivity contribution in [3.05, 3.63) is 108 Å². The van der Waals surface area contributed by atoms with Gasteiger partial charge in [-0.2, -0.15) is 0 Å². The summed E-state index contributed by atoms with van der Waals surface area (Å²) in [5, 5.41) is 8.61. The average Bonchev–Trinajstić information content (AvgIpc) is 3.39. The predicted molar refractivity (Wildman–Crippen MR) is 145 cm³/mol. The van der Waals surface area contributed by atoms with Crippen molar-refractivity contribution < 1.29 is 9.53 Å². The molecule has 1 fully saturated rings. The van der Waals surface area contributed by atoms with E-state index in [1.807, 2.05) is 77.6 Å². The topological polar surface area (TPSA) is 99.2 Å². The lowest BCUT2D eigenvalue weighted by Gasteiger charge is -2.31. The third-order valence-electron chi connectivity index (χ3n) is 7.05. The molecule has 0 unspecified atom stereocenters. The fourth-order valence-corrected chi connectivity index (χ4v) is 4.91. The van der Waals surface area contributed by atoms with Gasteiger partial charge in [-0.3, -0.25) is 9.88 Å². The monoisotopic (exact) mass is 510 g/mol. The van der Waals surface area contributed by atoms with Crippen LogP contribution in [0.2, 0.25) is 0 Å². The molecule has 2 aromatic heterocycles. The number of aryl methyl sites for hydroxylation is 1. The summed E-state index contributed by atoms with van der Waals surface area (Å²) >= 11 is 0. The molecule has 4 aromatic rings.